The molecule has 0 aliphatic carbocycles. The Labute approximate surface area is 119 Å². The fourth-order valence-corrected chi connectivity index (χ4v) is 1.97. The number of nitrogens with zero attached hydrogens (tertiary/aromatic N) is 1. The number of rotatable bonds is 4. The van der Waals surface area contributed by atoms with Gasteiger partial charge in [-0.2, -0.15) is 0 Å². The van der Waals surface area contributed by atoms with Crippen LogP contribution in [0.25, 0.3) is 0 Å². The van der Waals surface area contributed by atoms with Gasteiger partial charge in [0.1, 0.15) is 0 Å². The molecule has 0 unspecified atom stereocenters. The largest absolute Gasteiger partial charge is 0.331 e. The number of pyridine rings is 1. The maximum Gasteiger partial charge on any atom is 0.319 e. The standard InChI is InChI=1S/C16H19N3O/c1-3-13-5-4-6-15(11-13)19-16(20)18-12(2)14-7-9-17-10-8-14/h4-12H,3H2,1-2H3,(H2,18,19,20)/t12-/m0/s1. The number of hydrogen-bond donors (Lipinski definition) is 2. The number of aryl methyl sites for hydroxylation is 1. The second-order valence-electron chi connectivity index (χ2n) is 4.65. The molecule has 104 valence electrons. The molecule has 2 rings (SSSR count). The van der Waals surface area contributed by atoms with Gasteiger partial charge in [-0.05, 0) is 48.7 Å². The summed E-state index contributed by atoms with van der Waals surface area (Å²) in [6, 6.07) is 11.4. The van der Waals surface area contributed by atoms with Crippen LogP contribution in [0.4, 0.5) is 10.5 Å². The van der Waals surface area contributed by atoms with Gasteiger partial charge in [0.15, 0.2) is 0 Å². The van der Waals surface area contributed by atoms with Crippen LogP contribution in [0.2, 0.25) is 0 Å². The lowest BCUT2D eigenvalue weighted by Crippen LogP contribution is -2.31. The minimum Gasteiger partial charge on any atom is -0.331 e. The van der Waals surface area contributed by atoms with Crippen LogP contribution >= 0.6 is 0 Å². The van der Waals surface area contributed by atoms with E-state index in [9.17, 15) is 4.79 Å². The Kier molecular flexibility index (Phi) is 4.71. The van der Waals surface area contributed by atoms with E-state index >= 15 is 0 Å². The van der Waals surface area contributed by atoms with Crippen molar-refractivity contribution in [2.75, 3.05) is 5.32 Å². The lowest BCUT2D eigenvalue weighted by Gasteiger charge is -2.15. The van der Waals surface area contributed by atoms with Crippen LogP contribution in [0.1, 0.15) is 31.0 Å². The van der Waals surface area contributed by atoms with Crippen molar-refractivity contribution in [2.45, 2.75) is 26.3 Å². The van der Waals surface area contributed by atoms with E-state index in [1.54, 1.807) is 12.4 Å². The predicted molar refractivity (Wildman–Crippen MR) is 80.6 cm³/mol. The molecule has 0 saturated carbocycles. The van der Waals surface area contributed by atoms with Gasteiger partial charge in [0.2, 0.25) is 0 Å². The van der Waals surface area contributed by atoms with Crippen molar-refractivity contribution in [1.82, 2.24) is 10.3 Å². The van der Waals surface area contributed by atoms with Gasteiger partial charge in [0.25, 0.3) is 0 Å². The molecule has 1 heterocycles. The molecule has 0 radical (unpaired) electrons. The van der Waals surface area contributed by atoms with E-state index in [0.717, 1.165) is 17.7 Å². The molecular formula is C16H19N3O. The number of anilines is 1. The lowest BCUT2D eigenvalue weighted by atomic mass is 10.1. The third-order valence-corrected chi connectivity index (χ3v) is 3.15. The van der Waals surface area contributed by atoms with Gasteiger partial charge in [0.05, 0.1) is 6.04 Å². The van der Waals surface area contributed by atoms with Gasteiger partial charge < -0.3 is 10.6 Å². The van der Waals surface area contributed by atoms with Crippen molar-refractivity contribution >= 4 is 11.7 Å². The summed E-state index contributed by atoms with van der Waals surface area (Å²) in [6.45, 7) is 4.03. The Bertz CT molecular complexity index is 569. The van der Waals surface area contributed by atoms with E-state index in [-0.39, 0.29) is 12.1 Å². The SMILES string of the molecule is CCc1cccc(NC(=O)N[C@@H](C)c2ccncc2)c1. The smallest absolute Gasteiger partial charge is 0.319 e. The average Bonchev–Trinajstić information content (AvgIpc) is 2.48. The third-order valence-electron chi connectivity index (χ3n) is 3.15. The molecule has 0 aliphatic rings. The number of amides is 2. The molecule has 2 aromatic rings. The average molecular weight is 269 g/mol. The van der Waals surface area contributed by atoms with Crippen molar-refractivity contribution in [3.05, 3.63) is 59.9 Å². The third kappa shape index (κ3) is 3.82. The number of urea groups is 1. The fraction of sp³-hybridized carbons (Fsp3) is 0.250. The van der Waals surface area contributed by atoms with Crippen molar-refractivity contribution in [3.8, 4) is 0 Å². The molecule has 0 saturated heterocycles. The van der Waals surface area contributed by atoms with Crippen LogP contribution in [0.3, 0.4) is 0 Å². The highest BCUT2D eigenvalue weighted by molar-refractivity contribution is 5.89. The van der Waals surface area contributed by atoms with Gasteiger partial charge in [-0.1, -0.05) is 19.1 Å². The molecule has 2 amide bonds. The Morgan fingerprint density at radius 1 is 1.25 bits per heavy atom. The maximum absolute atomic E-state index is 12.0. The summed E-state index contributed by atoms with van der Waals surface area (Å²) < 4.78 is 0. The first-order chi connectivity index (χ1) is 9.69. The molecule has 20 heavy (non-hydrogen) atoms. The maximum atomic E-state index is 12.0. The first kappa shape index (κ1) is 14.1. The monoisotopic (exact) mass is 269 g/mol. The Morgan fingerprint density at radius 2 is 2.00 bits per heavy atom. The van der Waals surface area contributed by atoms with Crippen molar-refractivity contribution in [2.24, 2.45) is 0 Å². The van der Waals surface area contributed by atoms with E-state index in [2.05, 4.69) is 22.5 Å². The van der Waals surface area contributed by atoms with E-state index in [1.807, 2.05) is 43.3 Å². The summed E-state index contributed by atoms with van der Waals surface area (Å²) in [5.41, 5.74) is 3.03. The summed E-state index contributed by atoms with van der Waals surface area (Å²) >= 11 is 0. The van der Waals surface area contributed by atoms with Crippen LogP contribution in [0.5, 0.6) is 0 Å². The zero-order valence-corrected chi connectivity index (χ0v) is 11.8. The molecule has 1 atom stereocenters. The molecule has 1 aromatic heterocycles. The van der Waals surface area contributed by atoms with Crippen molar-refractivity contribution < 1.29 is 4.79 Å². The second kappa shape index (κ2) is 6.70. The Balaban J connectivity index is 1.95. The number of carbonyl (C=O) groups is 1. The zero-order valence-electron chi connectivity index (χ0n) is 11.8. The van der Waals surface area contributed by atoms with Crippen molar-refractivity contribution in [1.29, 1.82) is 0 Å². The quantitative estimate of drug-likeness (QED) is 0.892. The summed E-state index contributed by atoms with van der Waals surface area (Å²) in [7, 11) is 0. The lowest BCUT2D eigenvalue weighted by molar-refractivity contribution is 0.249. The zero-order chi connectivity index (χ0) is 14.4. The molecule has 0 aliphatic heterocycles. The highest BCUT2D eigenvalue weighted by Crippen LogP contribution is 2.13. The molecule has 1 aromatic carbocycles. The number of nitrogens with one attached hydrogen (secondary N) is 2. The van der Waals surface area contributed by atoms with Crippen LogP contribution in [0.15, 0.2) is 48.8 Å². The van der Waals surface area contributed by atoms with E-state index in [1.165, 1.54) is 5.56 Å². The Hall–Kier alpha value is -2.36. The van der Waals surface area contributed by atoms with Gasteiger partial charge in [0, 0.05) is 18.1 Å². The second-order valence-corrected chi connectivity index (χ2v) is 4.65. The van der Waals surface area contributed by atoms with E-state index in [0.29, 0.717) is 0 Å². The van der Waals surface area contributed by atoms with Crippen LogP contribution in [0, 0.1) is 0 Å². The highest BCUT2D eigenvalue weighted by atomic mass is 16.2. The minimum absolute atomic E-state index is 0.0626. The van der Waals surface area contributed by atoms with E-state index in [4.69, 9.17) is 0 Å². The normalized spacial score (nSPS) is 11.7. The number of aromatic nitrogens is 1. The molecule has 4 heteroatoms. The van der Waals surface area contributed by atoms with E-state index < -0.39 is 0 Å². The Morgan fingerprint density at radius 3 is 2.70 bits per heavy atom. The van der Waals surface area contributed by atoms with Gasteiger partial charge in [-0.25, -0.2) is 4.79 Å². The molecule has 4 nitrogen and oxygen atoms in total. The molecule has 2 N–H and O–H groups in total. The number of hydrogen-bond acceptors (Lipinski definition) is 2. The molecule has 0 spiro atoms. The first-order valence-electron chi connectivity index (χ1n) is 6.75. The number of benzene rings is 1. The van der Waals surface area contributed by atoms with Gasteiger partial charge in [-0.3, -0.25) is 4.98 Å². The summed E-state index contributed by atoms with van der Waals surface area (Å²) in [4.78, 5) is 15.9. The van der Waals surface area contributed by atoms with Crippen LogP contribution < -0.4 is 10.6 Å². The minimum atomic E-state index is -0.206. The van der Waals surface area contributed by atoms with Gasteiger partial charge >= 0.3 is 6.03 Å². The number of carbonyl (C=O) groups excluding carboxylic acids is 1. The molecular weight excluding hydrogens is 250 g/mol. The molecule has 0 fully saturated rings. The predicted octanol–water partition coefficient (Wildman–Crippen LogP) is 3.53. The fourth-order valence-electron chi connectivity index (χ4n) is 1.97. The summed E-state index contributed by atoms with van der Waals surface area (Å²) in [5.74, 6) is 0. The summed E-state index contributed by atoms with van der Waals surface area (Å²) in [5, 5.41) is 5.76. The van der Waals surface area contributed by atoms with Gasteiger partial charge in [-0.15, -0.1) is 0 Å². The van der Waals surface area contributed by atoms with Crippen LogP contribution in [-0.4, -0.2) is 11.0 Å². The van der Waals surface area contributed by atoms with Crippen molar-refractivity contribution in [3.63, 3.8) is 0 Å². The first-order valence-corrected chi connectivity index (χ1v) is 6.75. The summed E-state index contributed by atoms with van der Waals surface area (Å²) in [6.07, 6.45) is 4.39. The topological polar surface area (TPSA) is 54.0 Å². The highest BCUT2D eigenvalue weighted by Gasteiger charge is 2.09. The molecule has 0 bridgehead atoms. The van der Waals surface area contributed by atoms with Crippen LogP contribution in [-0.2, 0) is 6.42 Å².